The second-order valence-corrected chi connectivity index (χ2v) is 11.3. The van der Waals surface area contributed by atoms with Gasteiger partial charge in [0.1, 0.15) is 19.0 Å². The van der Waals surface area contributed by atoms with Crippen molar-refractivity contribution >= 4 is 30.1 Å². The van der Waals surface area contributed by atoms with Crippen LogP contribution in [0.5, 0.6) is 28.7 Å². The Morgan fingerprint density at radius 2 is 1.10 bits per heavy atom. The maximum absolute atomic E-state index is 11.5. The Balaban J connectivity index is 1.71. The molecule has 0 amide bonds. The maximum atomic E-state index is 11.5. The molecule has 0 aliphatic heterocycles. The summed E-state index contributed by atoms with van der Waals surface area (Å²) in [5.74, 6) is 1.44. The Bertz CT molecular complexity index is 1590. The molecule has 11 heteroatoms. The summed E-state index contributed by atoms with van der Waals surface area (Å²) in [4.78, 5) is 34.5. The van der Waals surface area contributed by atoms with Gasteiger partial charge in [0.2, 0.25) is 0 Å². The number of rotatable bonds is 21. The van der Waals surface area contributed by atoms with Crippen molar-refractivity contribution < 1.29 is 52.3 Å². The Morgan fingerprint density at radius 3 is 1.55 bits per heavy atom. The van der Waals surface area contributed by atoms with Gasteiger partial charge in [0.05, 0.1) is 41.7 Å². The first-order chi connectivity index (χ1) is 24.6. The lowest BCUT2D eigenvalue weighted by molar-refractivity contribution is -0.139. The van der Waals surface area contributed by atoms with Gasteiger partial charge in [-0.1, -0.05) is 18.7 Å². The van der Waals surface area contributed by atoms with Crippen LogP contribution in [-0.4, -0.2) is 59.6 Å². The van der Waals surface area contributed by atoms with Gasteiger partial charge in [-0.3, -0.25) is 0 Å². The average molecular weight is 703 g/mol. The van der Waals surface area contributed by atoms with Gasteiger partial charge in [-0.15, -0.1) is 0 Å². The molecule has 0 saturated heterocycles. The molecular weight excluding hydrogens is 656 g/mol. The van der Waals surface area contributed by atoms with E-state index in [1.54, 1.807) is 57.6 Å². The van der Waals surface area contributed by atoms with Gasteiger partial charge in [-0.25, -0.2) is 14.4 Å². The molecule has 3 rings (SSSR count). The van der Waals surface area contributed by atoms with Crippen molar-refractivity contribution in [1.29, 1.82) is 0 Å². The van der Waals surface area contributed by atoms with Crippen LogP contribution in [0, 0.1) is 0 Å². The van der Waals surface area contributed by atoms with Gasteiger partial charge >= 0.3 is 17.9 Å². The summed E-state index contributed by atoms with van der Waals surface area (Å²) in [6.45, 7) is 6.51. The summed E-state index contributed by atoms with van der Waals surface area (Å²) in [5, 5.41) is 0. The number of carbonyl (C=O) groups excluding carboxylic acids is 3. The van der Waals surface area contributed by atoms with Gasteiger partial charge in [0, 0.05) is 17.7 Å². The van der Waals surface area contributed by atoms with Crippen LogP contribution in [0.4, 0.5) is 0 Å². The highest BCUT2D eigenvalue weighted by molar-refractivity contribution is 5.88. The van der Waals surface area contributed by atoms with E-state index in [2.05, 4.69) is 16.1 Å². The summed E-state index contributed by atoms with van der Waals surface area (Å²) in [6, 6.07) is 16.5. The van der Waals surface area contributed by atoms with Crippen LogP contribution in [0.25, 0.3) is 12.2 Å². The molecule has 0 radical (unpaired) electrons. The lowest BCUT2D eigenvalue weighted by Gasteiger charge is -2.15. The van der Waals surface area contributed by atoms with Crippen LogP contribution in [0.2, 0.25) is 0 Å². The molecule has 0 unspecified atom stereocenters. The number of unbranched alkanes of at least 4 members (excludes halogenated alkanes) is 3. The minimum Gasteiger partial charge on any atom is -0.494 e. The van der Waals surface area contributed by atoms with E-state index >= 15 is 0 Å². The number of esters is 3. The normalized spacial score (nSPS) is 10.8. The van der Waals surface area contributed by atoms with Crippen molar-refractivity contribution in [3.8, 4) is 28.7 Å². The summed E-state index contributed by atoms with van der Waals surface area (Å²) < 4.78 is 44.0. The van der Waals surface area contributed by atoms with Crippen LogP contribution in [0.15, 0.2) is 78.9 Å². The van der Waals surface area contributed by atoms with Gasteiger partial charge in [0.25, 0.3) is 0 Å². The standard InChI is InChI=1S/C40H46O11/c1-28(2)40(43)49-20-10-8-7-9-19-48-33-22-31(26-50-34-15-11-29(24-36(34)44-3)13-17-38(41)46-5)21-32(23-33)27-51-35-16-12-30(25-37(35)45-4)14-18-39(42)47-6/h11-18,21-25H,1,7-10,19-20,26-27H2,2-6H3. The quantitative estimate of drug-likeness (QED) is 0.0481. The molecule has 0 fully saturated rings. The van der Waals surface area contributed by atoms with Gasteiger partial charge in [0.15, 0.2) is 23.0 Å². The van der Waals surface area contributed by atoms with E-state index in [1.165, 1.54) is 26.4 Å². The van der Waals surface area contributed by atoms with Gasteiger partial charge in [-0.05, 0) is 109 Å². The first kappa shape index (κ1) is 39.7. The molecule has 0 aliphatic rings. The van der Waals surface area contributed by atoms with E-state index < -0.39 is 11.9 Å². The lowest BCUT2D eigenvalue weighted by atomic mass is 10.1. The fraction of sp³-hybridized carbons (Fsp3) is 0.325. The molecule has 0 aliphatic carbocycles. The third-order valence-corrected chi connectivity index (χ3v) is 7.31. The summed E-state index contributed by atoms with van der Waals surface area (Å²) in [7, 11) is 5.73. The van der Waals surface area contributed by atoms with Crippen LogP contribution in [0.1, 0.15) is 54.9 Å². The van der Waals surface area contributed by atoms with E-state index in [9.17, 15) is 14.4 Å². The highest BCUT2D eigenvalue weighted by Crippen LogP contribution is 2.32. The number of hydrogen-bond donors (Lipinski definition) is 0. The molecule has 0 aromatic heterocycles. The van der Waals surface area contributed by atoms with Crippen LogP contribution < -0.4 is 23.7 Å². The predicted octanol–water partition coefficient (Wildman–Crippen LogP) is 7.29. The van der Waals surface area contributed by atoms with Crippen molar-refractivity contribution in [2.75, 3.05) is 41.7 Å². The number of carbonyl (C=O) groups is 3. The largest absolute Gasteiger partial charge is 0.494 e. The fourth-order valence-corrected chi connectivity index (χ4v) is 4.62. The highest BCUT2D eigenvalue weighted by atomic mass is 16.5. The molecule has 0 saturated carbocycles. The molecule has 0 N–H and O–H groups in total. The third-order valence-electron chi connectivity index (χ3n) is 7.31. The van der Waals surface area contributed by atoms with E-state index in [0.29, 0.717) is 47.5 Å². The van der Waals surface area contributed by atoms with Crippen LogP contribution in [0.3, 0.4) is 0 Å². The van der Waals surface area contributed by atoms with E-state index in [1.807, 2.05) is 30.3 Å². The summed E-state index contributed by atoms with van der Waals surface area (Å²) >= 11 is 0. The molecule has 0 spiro atoms. The van der Waals surface area contributed by atoms with Crippen molar-refractivity contribution in [1.82, 2.24) is 0 Å². The molecule has 0 atom stereocenters. The predicted molar refractivity (Wildman–Crippen MR) is 193 cm³/mol. The minimum atomic E-state index is -0.457. The number of methoxy groups -OCH3 is 4. The molecular formula is C40H46O11. The van der Waals surface area contributed by atoms with Crippen molar-refractivity contribution in [3.63, 3.8) is 0 Å². The second-order valence-electron chi connectivity index (χ2n) is 11.3. The molecule has 272 valence electrons. The monoisotopic (exact) mass is 702 g/mol. The Morgan fingerprint density at radius 1 is 0.608 bits per heavy atom. The fourth-order valence-electron chi connectivity index (χ4n) is 4.62. The molecule has 3 aromatic carbocycles. The number of hydrogen-bond acceptors (Lipinski definition) is 11. The maximum Gasteiger partial charge on any atom is 0.333 e. The van der Waals surface area contributed by atoms with E-state index in [0.717, 1.165) is 47.9 Å². The average Bonchev–Trinajstić information content (AvgIpc) is 3.15. The smallest absolute Gasteiger partial charge is 0.333 e. The first-order valence-electron chi connectivity index (χ1n) is 16.4. The second kappa shape index (κ2) is 21.4. The molecule has 3 aromatic rings. The Labute approximate surface area is 299 Å². The number of ether oxygens (including phenoxy) is 8. The minimum absolute atomic E-state index is 0.214. The Kier molecular flexibility index (Phi) is 16.7. The summed E-state index contributed by atoms with van der Waals surface area (Å²) in [5.41, 5.74) is 3.57. The third kappa shape index (κ3) is 14.0. The van der Waals surface area contributed by atoms with E-state index in [-0.39, 0.29) is 19.2 Å². The van der Waals surface area contributed by atoms with Gasteiger partial charge < -0.3 is 37.9 Å². The SMILES string of the molecule is C=C(C)C(=O)OCCCCCCOc1cc(COc2ccc(C=CC(=O)OC)cc2OC)cc(COc2ccc(C=CC(=O)OC)cc2OC)c1. The zero-order chi connectivity index (χ0) is 37.0. The van der Waals surface area contributed by atoms with Gasteiger partial charge in [-0.2, -0.15) is 0 Å². The van der Waals surface area contributed by atoms with Crippen molar-refractivity contribution in [2.45, 2.75) is 45.8 Å². The van der Waals surface area contributed by atoms with Crippen molar-refractivity contribution in [2.24, 2.45) is 0 Å². The zero-order valence-corrected chi connectivity index (χ0v) is 29.9. The van der Waals surface area contributed by atoms with Crippen LogP contribution >= 0.6 is 0 Å². The highest BCUT2D eigenvalue weighted by Gasteiger charge is 2.11. The first-order valence-corrected chi connectivity index (χ1v) is 16.4. The number of benzene rings is 3. The Hall–Kier alpha value is -5.71. The molecule has 0 heterocycles. The topological polar surface area (TPSA) is 125 Å². The van der Waals surface area contributed by atoms with E-state index in [4.69, 9.17) is 28.4 Å². The van der Waals surface area contributed by atoms with Crippen molar-refractivity contribution in [3.05, 3.63) is 101 Å². The molecule has 11 nitrogen and oxygen atoms in total. The molecule has 0 bridgehead atoms. The van der Waals surface area contributed by atoms with Crippen LogP contribution in [-0.2, 0) is 41.8 Å². The zero-order valence-electron chi connectivity index (χ0n) is 29.9. The molecule has 51 heavy (non-hydrogen) atoms. The summed E-state index contributed by atoms with van der Waals surface area (Å²) in [6.07, 6.45) is 9.33. The lowest BCUT2D eigenvalue weighted by Crippen LogP contribution is -2.06.